The first-order valence-electron chi connectivity index (χ1n) is 10.7. The van der Waals surface area contributed by atoms with Crippen LogP contribution < -0.4 is 0 Å². The van der Waals surface area contributed by atoms with Crippen LogP contribution in [0.1, 0.15) is 22.3 Å². The average molecular weight is 612 g/mol. The van der Waals surface area contributed by atoms with Gasteiger partial charge in [0.2, 0.25) is 0 Å². The Labute approximate surface area is 243 Å². The number of carbonyl (C=O) groups excluding carboxylic acids is 4. The zero-order chi connectivity index (χ0) is 24.2. The van der Waals surface area contributed by atoms with Crippen molar-refractivity contribution in [3.63, 3.8) is 0 Å². The molecule has 0 fully saturated rings. The fourth-order valence-corrected chi connectivity index (χ4v) is 3.03. The molecule has 0 saturated carbocycles. The standard InChI is InChI=1S/2C15H11O2.Nd.H2O/c2*16-14(12-7-3-1-4-8-12)11-15(17)13-9-5-2-6-10-13;;/h2*1-11H;;1H2/q2*-1;+3;/p+3. The van der Waals surface area contributed by atoms with Crippen molar-refractivity contribution in [3.05, 3.63) is 156 Å². The first kappa shape index (κ1) is 30.6. The van der Waals surface area contributed by atoms with Crippen molar-refractivity contribution in [3.8, 4) is 0 Å². The number of ketones is 4. The molecule has 0 spiro atoms. The molecule has 0 unspecified atom stereocenters. The third-order valence-electron chi connectivity index (χ3n) is 4.83. The molecular formula is C30H27NdO5+4. The molecule has 0 aliphatic rings. The van der Waals surface area contributed by atoms with E-state index in [4.69, 9.17) is 0 Å². The van der Waals surface area contributed by atoms with Crippen molar-refractivity contribution in [2.45, 2.75) is 0 Å². The van der Waals surface area contributed by atoms with Gasteiger partial charge in [-0.25, -0.2) is 0 Å². The van der Waals surface area contributed by atoms with Crippen LogP contribution in [-0.2, 0) is 0 Å². The summed E-state index contributed by atoms with van der Waals surface area (Å²) in [6.07, 6.45) is 2.70. The van der Waals surface area contributed by atoms with E-state index >= 15 is 0 Å². The maximum Gasteiger partial charge on any atom is 3.00 e. The van der Waals surface area contributed by atoms with E-state index in [2.05, 4.69) is 0 Å². The molecule has 4 aromatic carbocycles. The van der Waals surface area contributed by atoms with Crippen LogP contribution in [-0.4, -0.2) is 47.8 Å². The van der Waals surface area contributed by atoms with Crippen LogP contribution in [0.15, 0.2) is 121 Å². The first-order valence-corrected chi connectivity index (χ1v) is 10.7. The van der Waals surface area contributed by atoms with Gasteiger partial charge in [0.15, 0.2) is 0 Å². The van der Waals surface area contributed by atoms with Crippen LogP contribution in [0.4, 0.5) is 0 Å². The molecule has 0 heterocycles. The second-order valence-electron chi connectivity index (χ2n) is 7.29. The molecule has 5 N–H and O–H groups in total. The Morgan fingerprint density at radius 1 is 0.361 bits per heavy atom. The molecule has 4 rings (SSSR count). The van der Waals surface area contributed by atoms with Crippen molar-refractivity contribution in [1.29, 1.82) is 0 Å². The minimum Gasteiger partial charge on any atom is -0.870 e. The topological polar surface area (TPSA) is 116 Å². The summed E-state index contributed by atoms with van der Waals surface area (Å²) >= 11 is 0. The van der Waals surface area contributed by atoms with Crippen LogP contribution >= 0.6 is 0 Å². The van der Waals surface area contributed by atoms with Gasteiger partial charge in [-0.3, -0.25) is 0 Å². The molecule has 0 atom stereocenters. The Morgan fingerprint density at radius 3 is 0.694 bits per heavy atom. The molecule has 5 nitrogen and oxygen atoms in total. The van der Waals surface area contributed by atoms with Gasteiger partial charge in [-0.2, -0.15) is 0 Å². The molecule has 36 heavy (non-hydrogen) atoms. The zero-order valence-electron chi connectivity index (χ0n) is 19.4. The minimum absolute atomic E-state index is 0. The van der Waals surface area contributed by atoms with Crippen LogP contribution in [0.3, 0.4) is 0 Å². The average Bonchev–Trinajstić information content (AvgIpc) is 2.91. The largest absolute Gasteiger partial charge is 3.00 e. The number of rotatable bonds is 8. The maximum atomic E-state index is 9.83. The van der Waals surface area contributed by atoms with E-state index in [1.807, 2.05) is 72.8 Å². The van der Waals surface area contributed by atoms with E-state index < -0.39 is 0 Å². The van der Waals surface area contributed by atoms with E-state index in [0.717, 1.165) is 0 Å². The fourth-order valence-electron chi connectivity index (χ4n) is 3.03. The monoisotopic (exact) mass is 609 g/mol. The van der Waals surface area contributed by atoms with Crippen molar-refractivity contribution in [2.24, 2.45) is 0 Å². The molecule has 0 amide bonds. The molecular weight excluding hydrogens is 585 g/mol. The van der Waals surface area contributed by atoms with Gasteiger partial charge in [0.05, 0.1) is 0 Å². The van der Waals surface area contributed by atoms with Crippen molar-refractivity contribution in [2.75, 3.05) is 0 Å². The van der Waals surface area contributed by atoms with Gasteiger partial charge in [-0.1, -0.05) is 72.8 Å². The van der Waals surface area contributed by atoms with Gasteiger partial charge < -0.3 is 24.7 Å². The third-order valence-corrected chi connectivity index (χ3v) is 4.83. The van der Waals surface area contributed by atoms with Gasteiger partial charge >= 0.3 is 40.8 Å². The van der Waals surface area contributed by atoms with Crippen molar-refractivity contribution in [1.82, 2.24) is 0 Å². The Kier molecular flexibility index (Phi) is 13.9. The number of benzene rings is 4. The molecule has 6 heteroatoms. The van der Waals surface area contributed by atoms with E-state index in [1.165, 1.54) is 12.8 Å². The van der Waals surface area contributed by atoms with Gasteiger partial charge in [0.1, 0.15) is 0 Å². The van der Waals surface area contributed by atoms with Crippen LogP contribution in [0.25, 0.3) is 0 Å². The Hall–Kier alpha value is -3.39. The molecule has 177 valence electrons. The summed E-state index contributed by atoms with van der Waals surface area (Å²) in [5.41, 5.74) is 2.70. The normalized spacial score (nSPS) is 9.11. The molecule has 0 aliphatic carbocycles. The second kappa shape index (κ2) is 16.3. The Morgan fingerprint density at radius 2 is 0.528 bits per heavy atom. The Balaban J connectivity index is 0.000000341. The predicted molar refractivity (Wildman–Crippen MR) is 140 cm³/mol. The smallest absolute Gasteiger partial charge is 0.870 e. The van der Waals surface area contributed by atoms with Gasteiger partial charge in [0.25, 0.3) is 23.1 Å². The summed E-state index contributed by atoms with van der Waals surface area (Å²) < 4.78 is 0. The number of hydrogen-bond acceptors (Lipinski definition) is 1. The SMILES string of the molecule is [Nd+3].[OH+]=C([CH-]C(=[OH+])c1ccccc1)c1ccccc1.[OH+]=C([CH-]C(=[OH+])c1ccccc1)c1ccccc1.[OH-]. The summed E-state index contributed by atoms with van der Waals surface area (Å²) in [6, 6.07) is 36.4. The van der Waals surface area contributed by atoms with Gasteiger partial charge in [-0.05, 0) is 22.3 Å². The van der Waals surface area contributed by atoms with E-state index in [9.17, 15) is 19.2 Å². The predicted octanol–water partition coefficient (Wildman–Crippen LogP) is 4.58. The summed E-state index contributed by atoms with van der Waals surface area (Å²) in [7, 11) is 0. The summed E-state index contributed by atoms with van der Waals surface area (Å²) in [4.78, 5) is 39.3. The quantitative estimate of drug-likeness (QED) is 0.123. The molecule has 0 saturated heterocycles. The summed E-state index contributed by atoms with van der Waals surface area (Å²) in [5, 5.41) is 0. The van der Waals surface area contributed by atoms with E-state index in [-0.39, 0.29) is 69.4 Å². The molecule has 0 aromatic heterocycles. The number of hydrogen-bond donors (Lipinski definition) is 0. The van der Waals surface area contributed by atoms with E-state index in [0.29, 0.717) is 22.3 Å². The van der Waals surface area contributed by atoms with Crippen molar-refractivity contribution < 1.29 is 65.5 Å². The van der Waals surface area contributed by atoms with Crippen LogP contribution in [0, 0.1) is 53.7 Å². The molecule has 0 aliphatic heterocycles. The fraction of sp³-hybridized carbons (Fsp3) is 0. The first-order chi connectivity index (χ1) is 16.5. The van der Waals surface area contributed by atoms with Crippen LogP contribution in [0.2, 0.25) is 0 Å². The minimum atomic E-state index is 0. The summed E-state index contributed by atoms with van der Waals surface area (Å²) in [5.74, 6) is 0.192. The summed E-state index contributed by atoms with van der Waals surface area (Å²) in [6.45, 7) is 0. The third kappa shape index (κ3) is 9.70. The van der Waals surface area contributed by atoms with Gasteiger partial charge in [0, 0.05) is 12.8 Å². The zero-order valence-corrected chi connectivity index (χ0v) is 22.6. The van der Waals surface area contributed by atoms with Gasteiger partial charge in [-0.15, -0.1) is 48.5 Å². The second-order valence-corrected chi connectivity index (χ2v) is 7.29. The molecule has 4 aromatic rings. The van der Waals surface area contributed by atoms with Crippen molar-refractivity contribution >= 4 is 23.1 Å². The van der Waals surface area contributed by atoms with Crippen LogP contribution in [0.5, 0.6) is 0 Å². The van der Waals surface area contributed by atoms with E-state index in [1.54, 1.807) is 48.5 Å². The maximum absolute atomic E-state index is 9.83. The molecule has 0 bridgehead atoms. The molecule has 1 radical (unpaired) electrons. The Bertz CT molecular complexity index is 1040.